The Bertz CT molecular complexity index is 578. The summed E-state index contributed by atoms with van der Waals surface area (Å²) in [4.78, 5) is 23.4. The zero-order valence-electron chi connectivity index (χ0n) is 9.95. The first-order chi connectivity index (χ1) is 9.06. The predicted molar refractivity (Wildman–Crippen MR) is 71.3 cm³/mol. The van der Waals surface area contributed by atoms with Gasteiger partial charge in [0.25, 0.3) is 0 Å². The minimum Gasteiger partial charge on any atom is -0.368 e. The first-order valence-corrected chi connectivity index (χ1v) is 6.35. The number of aromatic nitrogens is 2. The fourth-order valence-corrected chi connectivity index (χ4v) is 2.22. The number of anilines is 1. The number of thiophene rings is 1. The van der Waals surface area contributed by atoms with E-state index in [1.165, 1.54) is 28.4 Å². The molecule has 5 N–H and O–H groups in total. The van der Waals surface area contributed by atoms with Gasteiger partial charge in [-0.15, -0.1) is 11.3 Å². The SMILES string of the molecule is NC(=O)Cn1cc(NC(=O)C(N)c2cccs2)cn1. The van der Waals surface area contributed by atoms with Gasteiger partial charge in [-0.25, -0.2) is 0 Å². The summed E-state index contributed by atoms with van der Waals surface area (Å²) in [5.41, 5.74) is 11.3. The molecule has 0 aliphatic heterocycles. The van der Waals surface area contributed by atoms with Crippen LogP contribution in [-0.4, -0.2) is 21.6 Å². The monoisotopic (exact) mass is 279 g/mol. The van der Waals surface area contributed by atoms with Crippen LogP contribution in [0.2, 0.25) is 0 Å². The third kappa shape index (κ3) is 3.39. The second kappa shape index (κ2) is 5.63. The number of hydrogen-bond donors (Lipinski definition) is 3. The Labute approximate surface area is 113 Å². The Morgan fingerprint density at radius 1 is 1.53 bits per heavy atom. The summed E-state index contributed by atoms with van der Waals surface area (Å²) in [6, 6.07) is 2.91. The molecule has 8 heteroatoms. The van der Waals surface area contributed by atoms with Crippen LogP contribution in [0.3, 0.4) is 0 Å². The summed E-state index contributed by atoms with van der Waals surface area (Å²) in [7, 11) is 0. The first kappa shape index (κ1) is 13.2. The number of nitrogens with zero attached hydrogens (tertiary/aromatic N) is 2. The number of hydrogen-bond acceptors (Lipinski definition) is 5. The molecule has 2 amide bonds. The Balaban J connectivity index is 1.99. The van der Waals surface area contributed by atoms with E-state index in [-0.39, 0.29) is 12.5 Å². The fourth-order valence-electron chi connectivity index (χ4n) is 1.49. The third-order valence-corrected chi connectivity index (χ3v) is 3.31. The van der Waals surface area contributed by atoms with Crippen LogP contribution in [-0.2, 0) is 16.1 Å². The highest BCUT2D eigenvalue weighted by atomic mass is 32.1. The van der Waals surface area contributed by atoms with E-state index >= 15 is 0 Å². The average molecular weight is 279 g/mol. The summed E-state index contributed by atoms with van der Waals surface area (Å²) in [6.07, 6.45) is 2.95. The number of rotatable bonds is 5. The highest BCUT2D eigenvalue weighted by molar-refractivity contribution is 7.10. The van der Waals surface area contributed by atoms with Crippen molar-refractivity contribution in [2.24, 2.45) is 11.5 Å². The van der Waals surface area contributed by atoms with E-state index in [2.05, 4.69) is 10.4 Å². The molecule has 2 rings (SSSR count). The zero-order chi connectivity index (χ0) is 13.8. The minimum absolute atomic E-state index is 0.0349. The molecule has 0 aliphatic rings. The summed E-state index contributed by atoms with van der Waals surface area (Å²) >= 11 is 1.42. The first-order valence-electron chi connectivity index (χ1n) is 5.47. The molecule has 1 atom stereocenters. The molecule has 2 aromatic heterocycles. The lowest BCUT2D eigenvalue weighted by Crippen LogP contribution is -2.26. The van der Waals surface area contributed by atoms with Crippen LogP contribution in [0.15, 0.2) is 29.9 Å². The maximum Gasteiger partial charge on any atom is 0.246 e. The normalized spacial score (nSPS) is 12.1. The maximum absolute atomic E-state index is 11.9. The van der Waals surface area contributed by atoms with Crippen molar-refractivity contribution in [2.45, 2.75) is 12.6 Å². The van der Waals surface area contributed by atoms with Crippen molar-refractivity contribution in [3.8, 4) is 0 Å². The van der Waals surface area contributed by atoms with Gasteiger partial charge in [0.15, 0.2) is 0 Å². The molecule has 19 heavy (non-hydrogen) atoms. The molecule has 0 fully saturated rings. The molecule has 2 aromatic rings. The van der Waals surface area contributed by atoms with Crippen LogP contribution in [0.4, 0.5) is 5.69 Å². The predicted octanol–water partition coefficient (Wildman–Crippen LogP) is 0.0684. The average Bonchev–Trinajstić information content (AvgIpc) is 2.98. The quantitative estimate of drug-likeness (QED) is 0.718. The van der Waals surface area contributed by atoms with Gasteiger partial charge >= 0.3 is 0 Å². The Hall–Kier alpha value is -2.19. The van der Waals surface area contributed by atoms with E-state index < -0.39 is 11.9 Å². The van der Waals surface area contributed by atoms with E-state index in [1.807, 2.05) is 11.4 Å². The van der Waals surface area contributed by atoms with Crippen molar-refractivity contribution >= 4 is 28.8 Å². The third-order valence-electron chi connectivity index (χ3n) is 2.35. The van der Waals surface area contributed by atoms with E-state index in [9.17, 15) is 9.59 Å². The highest BCUT2D eigenvalue weighted by Gasteiger charge is 2.17. The number of primary amides is 1. The molecule has 0 saturated heterocycles. The summed E-state index contributed by atoms with van der Waals surface area (Å²) in [5.74, 6) is -0.836. The van der Waals surface area contributed by atoms with Gasteiger partial charge in [-0.2, -0.15) is 5.10 Å². The highest BCUT2D eigenvalue weighted by Crippen LogP contribution is 2.18. The maximum atomic E-state index is 11.9. The van der Waals surface area contributed by atoms with Gasteiger partial charge in [0.2, 0.25) is 11.8 Å². The fraction of sp³-hybridized carbons (Fsp3) is 0.182. The van der Waals surface area contributed by atoms with Crippen molar-refractivity contribution in [1.29, 1.82) is 0 Å². The molecule has 7 nitrogen and oxygen atoms in total. The van der Waals surface area contributed by atoms with Crippen LogP contribution in [0.1, 0.15) is 10.9 Å². The Morgan fingerprint density at radius 3 is 2.95 bits per heavy atom. The number of carbonyl (C=O) groups is 2. The number of nitrogens with two attached hydrogens (primary N) is 2. The van der Waals surface area contributed by atoms with E-state index in [0.29, 0.717) is 5.69 Å². The molecular weight excluding hydrogens is 266 g/mol. The summed E-state index contributed by atoms with van der Waals surface area (Å²) in [6.45, 7) is -0.0349. The van der Waals surface area contributed by atoms with E-state index in [1.54, 1.807) is 6.07 Å². The minimum atomic E-state index is -0.723. The van der Waals surface area contributed by atoms with Crippen LogP contribution >= 0.6 is 11.3 Å². The van der Waals surface area contributed by atoms with Gasteiger partial charge < -0.3 is 16.8 Å². The molecule has 0 saturated carbocycles. The smallest absolute Gasteiger partial charge is 0.246 e. The Kier molecular flexibility index (Phi) is 3.93. The van der Waals surface area contributed by atoms with Gasteiger partial charge in [-0.3, -0.25) is 14.3 Å². The molecule has 0 aromatic carbocycles. The second-order valence-electron chi connectivity index (χ2n) is 3.88. The molecule has 100 valence electrons. The van der Waals surface area contributed by atoms with Crippen LogP contribution in [0.25, 0.3) is 0 Å². The van der Waals surface area contributed by atoms with Crippen LogP contribution in [0.5, 0.6) is 0 Å². The van der Waals surface area contributed by atoms with Crippen molar-refractivity contribution in [2.75, 3.05) is 5.32 Å². The topological polar surface area (TPSA) is 116 Å². The van der Waals surface area contributed by atoms with Gasteiger partial charge in [-0.1, -0.05) is 6.07 Å². The lowest BCUT2D eigenvalue weighted by Gasteiger charge is -2.08. The largest absolute Gasteiger partial charge is 0.368 e. The van der Waals surface area contributed by atoms with Crippen molar-refractivity contribution < 1.29 is 9.59 Å². The standard InChI is InChI=1S/C11H13N5O2S/c12-9(17)6-16-5-7(4-14-16)15-11(18)10(13)8-2-1-3-19-8/h1-5,10H,6,13H2,(H2,12,17)(H,15,18). The second-order valence-corrected chi connectivity index (χ2v) is 4.85. The van der Waals surface area contributed by atoms with Crippen molar-refractivity contribution in [3.63, 3.8) is 0 Å². The van der Waals surface area contributed by atoms with Crippen molar-refractivity contribution in [3.05, 3.63) is 34.8 Å². The molecular formula is C11H13N5O2S. The number of carbonyl (C=O) groups excluding carboxylic acids is 2. The van der Waals surface area contributed by atoms with Gasteiger partial charge in [-0.05, 0) is 11.4 Å². The molecule has 0 aliphatic carbocycles. The van der Waals surface area contributed by atoms with Gasteiger partial charge in [0.05, 0.1) is 11.9 Å². The molecule has 0 bridgehead atoms. The summed E-state index contributed by atoms with van der Waals surface area (Å²) in [5, 5.41) is 8.38. The van der Waals surface area contributed by atoms with Crippen LogP contribution < -0.4 is 16.8 Å². The lowest BCUT2D eigenvalue weighted by atomic mass is 10.2. The van der Waals surface area contributed by atoms with Gasteiger partial charge in [0.1, 0.15) is 12.6 Å². The zero-order valence-corrected chi connectivity index (χ0v) is 10.8. The van der Waals surface area contributed by atoms with E-state index in [4.69, 9.17) is 11.5 Å². The Morgan fingerprint density at radius 2 is 2.32 bits per heavy atom. The van der Waals surface area contributed by atoms with Crippen LogP contribution in [0, 0.1) is 0 Å². The molecule has 2 heterocycles. The molecule has 0 radical (unpaired) electrons. The number of amides is 2. The van der Waals surface area contributed by atoms with Gasteiger partial charge in [0, 0.05) is 11.1 Å². The lowest BCUT2D eigenvalue weighted by molar-refractivity contribution is -0.119. The summed E-state index contributed by atoms with van der Waals surface area (Å²) < 4.78 is 1.34. The number of nitrogens with one attached hydrogen (secondary N) is 1. The van der Waals surface area contributed by atoms with Crippen molar-refractivity contribution in [1.82, 2.24) is 9.78 Å². The molecule has 1 unspecified atom stereocenters. The molecule has 0 spiro atoms. The van der Waals surface area contributed by atoms with E-state index in [0.717, 1.165) is 4.88 Å².